The second-order valence-electron chi connectivity index (χ2n) is 15.4. The van der Waals surface area contributed by atoms with Crippen molar-refractivity contribution in [1.82, 2.24) is 0 Å². The van der Waals surface area contributed by atoms with Crippen LogP contribution in [-0.2, 0) is 16.2 Å². The van der Waals surface area contributed by atoms with Gasteiger partial charge in [-0.25, -0.2) is 0 Å². The number of anilines is 5. The third-order valence-corrected chi connectivity index (χ3v) is 11.6. The molecule has 0 spiro atoms. The van der Waals surface area contributed by atoms with Crippen LogP contribution in [0.4, 0.5) is 28.4 Å². The summed E-state index contributed by atoms with van der Waals surface area (Å²) in [5.74, 6) is 0. The summed E-state index contributed by atoms with van der Waals surface area (Å²) in [5.41, 5.74) is 18.2. The van der Waals surface area contributed by atoms with Crippen LogP contribution in [0.1, 0.15) is 87.8 Å². The van der Waals surface area contributed by atoms with Crippen LogP contribution in [0.25, 0.3) is 11.1 Å². The first-order valence-corrected chi connectivity index (χ1v) is 17.2. The average molecular weight is 611 g/mol. The van der Waals surface area contributed by atoms with Crippen molar-refractivity contribution in [3.8, 4) is 11.1 Å². The van der Waals surface area contributed by atoms with Crippen molar-refractivity contribution < 1.29 is 0 Å². The van der Waals surface area contributed by atoms with Crippen LogP contribution in [0.15, 0.2) is 127 Å². The summed E-state index contributed by atoms with van der Waals surface area (Å²) in [4.78, 5) is 5.15. The molecule has 0 radical (unpaired) electrons. The Morgan fingerprint density at radius 1 is 0.489 bits per heavy atom. The third-order valence-electron chi connectivity index (χ3n) is 11.6. The Hall–Kier alpha value is -4.82. The minimum atomic E-state index is -0.236. The molecule has 2 nitrogen and oxygen atoms in total. The summed E-state index contributed by atoms with van der Waals surface area (Å²) in [6, 6.07) is 38.9. The molecule has 0 bridgehead atoms. The fourth-order valence-corrected chi connectivity index (χ4v) is 8.92. The van der Waals surface area contributed by atoms with E-state index in [-0.39, 0.29) is 16.2 Å². The standard InChI is InChI=1S/C45H42N2/c1-43(2)34-23-16-24-35-40(34)47-41-36(43)25-30(29-17-10-7-11-18-29)26-37(41)45(5,6)39-28-33(27-38(42(39)47)44(35,3)4)46(31-19-12-8-13-20-31)32-21-14-9-15-22-32/h7-8,10-14,16-28H,9,15H2,1-6H3. The molecule has 0 aromatic heterocycles. The molecule has 5 aromatic carbocycles. The van der Waals surface area contributed by atoms with E-state index in [1.165, 1.54) is 78.6 Å². The fraction of sp³-hybridized carbons (Fsp3) is 0.244. The molecule has 4 aliphatic rings. The molecule has 9 rings (SSSR count). The lowest BCUT2D eigenvalue weighted by molar-refractivity contribution is 0.567. The molecule has 232 valence electrons. The second-order valence-corrected chi connectivity index (χ2v) is 15.4. The highest BCUT2D eigenvalue weighted by Gasteiger charge is 2.52. The zero-order valence-corrected chi connectivity index (χ0v) is 28.4. The normalized spacial score (nSPS) is 18.3. The first-order chi connectivity index (χ1) is 22.6. The molecular formula is C45H42N2. The Morgan fingerprint density at radius 3 is 1.55 bits per heavy atom. The van der Waals surface area contributed by atoms with Gasteiger partial charge < -0.3 is 9.80 Å². The molecule has 0 atom stereocenters. The molecule has 3 aliphatic heterocycles. The van der Waals surface area contributed by atoms with Gasteiger partial charge in [-0.15, -0.1) is 0 Å². The van der Waals surface area contributed by atoms with Gasteiger partial charge in [-0.1, -0.05) is 120 Å². The number of benzene rings is 5. The SMILES string of the molecule is CC1(C)c2cccc3c2N2c4c1cc(-c1ccccc1)cc4C(C)(C)c1cc(N(C4=CCCC=C4)c4ccccc4)cc(c12)C3(C)C. The van der Waals surface area contributed by atoms with Crippen LogP contribution in [0.3, 0.4) is 0 Å². The summed E-state index contributed by atoms with van der Waals surface area (Å²) < 4.78 is 0. The smallest absolute Gasteiger partial charge is 0.0545 e. The van der Waals surface area contributed by atoms with Crippen LogP contribution < -0.4 is 9.80 Å². The van der Waals surface area contributed by atoms with E-state index in [2.05, 4.69) is 173 Å². The maximum absolute atomic E-state index is 2.67. The van der Waals surface area contributed by atoms with Gasteiger partial charge >= 0.3 is 0 Å². The van der Waals surface area contributed by atoms with Gasteiger partial charge in [0.1, 0.15) is 0 Å². The maximum atomic E-state index is 2.67. The largest absolute Gasteiger partial charge is 0.311 e. The zero-order valence-electron chi connectivity index (χ0n) is 28.4. The third kappa shape index (κ3) is 3.79. The minimum Gasteiger partial charge on any atom is -0.311 e. The van der Waals surface area contributed by atoms with Crippen molar-refractivity contribution in [2.24, 2.45) is 0 Å². The Labute approximate surface area is 279 Å². The van der Waals surface area contributed by atoms with Crippen molar-refractivity contribution in [2.45, 2.75) is 70.6 Å². The number of rotatable bonds is 4. The summed E-state index contributed by atoms with van der Waals surface area (Å²) in [6.07, 6.45) is 9.17. The van der Waals surface area contributed by atoms with E-state index in [1.807, 2.05) is 0 Å². The van der Waals surface area contributed by atoms with Crippen LogP contribution in [0.2, 0.25) is 0 Å². The zero-order chi connectivity index (χ0) is 32.3. The average Bonchev–Trinajstić information content (AvgIpc) is 3.08. The fourth-order valence-electron chi connectivity index (χ4n) is 8.92. The van der Waals surface area contributed by atoms with E-state index in [0.29, 0.717) is 0 Å². The van der Waals surface area contributed by atoms with E-state index < -0.39 is 0 Å². The number of allylic oxidation sites excluding steroid dienone is 3. The molecule has 3 heterocycles. The Kier molecular flexibility index (Phi) is 5.81. The quantitative estimate of drug-likeness (QED) is 0.200. The topological polar surface area (TPSA) is 6.48 Å². The molecule has 47 heavy (non-hydrogen) atoms. The van der Waals surface area contributed by atoms with Gasteiger partial charge in [0, 0.05) is 33.3 Å². The first-order valence-electron chi connectivity index (χ1n) is 17.2. The van der Waals surface area contributed by atoms with Crippen molar-refractivity contribution in [1.29, 1.82) is 0 Å². The van der Waals surface area contributed by atoms with E-state index in [0.717, 1.165) is 12.8 Å². The molecule has 0 saturated heterocycles. The molecule has 0 saturated carbocycles. The molecule has 0 N–H and O–H groups in total. The molecule has 2 heteroatoms. The number of nitrogens with zero attached hydrogens (tertiary/aromatic N) is 2. The Morgan fingerprint density at radius 2 is 1.00 bits per heavy atom. The lowest BCUT2D eigenvalue weighted by Crippen LogP contribution is -2.43. The van der Waals surface area contributed by atoms with Gasteiger partial charge in [0.25, 0.3) is 0 Å². The minimum absolute atomic E-state index is 0.151. The van der Waals surface area contributed by atoms with E-state index >= 15 is 0 Å². The molecule has 0 unspecified atom stereocenters. The summed E-state index contributed by atoms with van der Waals surface area (Å²) in [7, 11) is 0. The van der Waals surface area contributed by atoms with Crippen molar-refractivity contribution in [3.05, 3.63) is 160 Å². The number of hydrogen-bond donors (Lipinski definition) is 0. The van der Waals surface area contributed by atoms with Gasteiger partial charge in [-0.05, 0) is 99.8 Å². The van der Waals surface area contributed by atoms with Gasteiger partial charge in [0.2, 0.25) is 0 Å². The summed E-state index contributed by atoms with van der Waals surface area (Å²) in [5, 5.41) is 0. The number of para-hydroxylation sites is 2. The highest BCUT2D eigenvalue weighted by atomic mass is 15.2. The molecular weight excluding hydrogens is 569 g/mol. The van der Waals surface area contributed by atoms with Crippen molar-refractivity contribution >= 4 is 28.4 Å². The maximum Gasteiger partial charge on any atom is 0.0545 e. The van der Waals surface area contributed by atoms with Gasteiger partial charge in [0.05, 0.1) is 17.1 Å². The molecule has 5 aromatic rings. The van der Waals surface area contributed by atoms with Crippen LogP contribution in [0, 0.1) is 0 Å². The van der Waals surface area contributed by atoms with E-state index in [4.69, 9.17) is 0 Å². The van der Waals surface area contributed by atoms with Crippen LogP contribution >= 0.6 is 0 Å². The van der Waals surface area contributed by atoms with Crippen molar-refractivity contribution in [3.63, 3.8) is 0 Å². The van der Waals surface area contributed by atoms with E-state index in [9.17, 15) is 0 Å². The predicted octanol–water partition coefficient (Wildman–Crippen LogP) is 12.1. The lowest BCUT2D eigenvalue weighted by atomic mass is 9.60. The lowest BCUT2D eigenvalue weighted by Gasteiger charge is -2.55. The summed E-state index contributed by atoms with van der Waals surface area (Å²) >= 11 is 0. The highest BCUT2D eigenvalue weighted by Crippen LogP contribution is 2.67. The highest BCUT2D eigenvalue weighted by molar-refractivity contribution is 6.00. The van der Waals surface area contributed by atoms with Crippen molar-refractivity contribution in [2.75, 3.05) is 9.80 Å². The monoisotopic (exact) mass is 610 g/mol. The molecule has 0 fully saturated rings. The Balaban J connectivity index is 1.40. The van der Waals surface area contributed by atoms with Gasteiger partial charge in [-0.3, -0.25) is 0 Å². The second kappa shape index (κ2) is 9.61. The predicted molar refractivity (Wildman–Crippen MR) is 198 cm³/mol. The molecule has 0 amide bonds. The first kappa shape index (κ1) is 28.4. The van der Waals surface area contributed by atoms with E-state index in [1.54, 1.807) is 0 Å². The van der Waals surface area contributed by atoms with Gasteiger partial charge in [0.15, 0.2) is 0 Å². The molecule has 1 aliphatic carbocycles. The van der Waals surface area contributed by atoms with Gasteiger partial charge in [-0.2, -0.15) is 0 Å². The van der Waals surface area contributed by atoms with Crippen LogP contribution in [-0.4, -0.2) is 0 Å². The Bertz CT molecular complexity index is 2160. The number of hydrogen-bond acceptors (Lipinski definition) is 2. The van der Waals surface area contributed by atoms with Crippen LogP contribution in [0.5, 0.6) is 0 Å². The summed E-state index contributed by atoms with van der Waals surface area (Å²) in [6.45, 7) is 14.7.